The van der Waals surface area contributed by atoms with E-state index in [1.807, 2.05) is 19.1 Å². The molecule has 30 heavy (non-hydrogen) atoms. The smallest absolute Gasteiger partial charge is 0.323 e. The van der Waals surface area contributed by atoms with Gasteiger partial charge in [-0.15, -0.1) is 0 Å². The Morgan fingerprint density at radius 1 is 1.17 bits per heavy atom. The highest BCUT2D eigenvalue weighted by Gasteiger charge is 2.55. The largest absolute Gasteiger partial charge is 0.325 e. The molecular formula is C22H21F2N3O3. The molecule has 8 heteroatoms. The van der Waals surface area contributed by atoms with E-state index >= 15 is 0 Å². The lowest BCUT2D eigenvalue weighted by Gasteiger charge is -2.34. The molecule has 0 bridgehead atoms. The lowest BCUT2D eigenvalue weighted by atomic mass is 9.80. The monoisotopic (exact) mass is 413 g/mol. The number of halogens is 2. The summed E-state index contributed by atoms with van der Waals surface area (Å²) < 4.78 is 27.0. The molecule has 1 aromatic heterocycles. The van der Waals surface area contributed by atoms with Crippen molar-refractivity contribution in [3.8, 4) is 11.1 Å². The standard InChI is InChI=1S/C22H21F2N3O3/c1-14-11-15(4-5-17(14)16-3-2-10-25-12-16)18(28)13-27-19(29)21(26-20(27)30)6-8-22(23,24)9-7-21/h2-5,10-12H,6-9,13H2,1H3,(H,26,30). The maximum Gasteiger partial charge on any atom is 0.325 e. The van der Waals surface area contributed by atoms with E-state index in [9.17, 15) is 23.2 Å². The summed E-state index contributed by atoms with van der Waals surface area (Å²) in [4.78, 5) is 42.9. The SMILES string of the molecule is Cc1cc(C(=O)CN2C(=O)NC3(CCC(F)(F)CC3)C2=O)ccc1-c1cccnc1. The number of nitrogens with one attached hydrogen (secondary N) is 1. The van der Waals surface area contributed by atoms with Crippen LogP contribution in [-0.2, 0) is 4.79 Å². The number of pyridine rings is 1. The van der Waals surface area contributed by atoms with E-state index in [1.165, 1.54) is 0 Å². The Kier molecular flexibility index (Phi) is 4.88. The van der Waals surface area contributed by atoms with Crippen LogP contribution in [0, 0.1) is 6.92 Å². The van der Waals surface area contributed by atoms with Crippen molar-refractivity contribution < 1.29 is 23.2 Å². The van der Waals surface area contributed by atoms with Gasteiger partial charge in [0.05, 0.1) is 6.54 Å². The van der Waals surface area contributed by atoms with Gasteiger partial charge >= 0.3 is 6.03 Å². The number of aromatic nitrogens is 1. The number of aryl methyl sites for hydroxylation is 1. The molecule has 2 aromatic rings. The van der Waals surface area contributed by atoms with Crippen molar-refractivity contribution in [1.29, 1.82) is 0 Å². The van der Waals surface area contributed by atoms with Crippen molar-refractivity contribution >= 4 is 17.7 Å². The number of rotatable bonds is 4. The predicted molar refractivity (Wildman–Crippen MR) is 105 cm³/mol. The van der Waals surface area contributed by atoms with E-state index in [-0.39, 0.29) is 12.8 Å². The summed E-state index contributed by atoms with van der Waals surface area (Å²) in [5, 5.41) is 2.55. The second-order valence-electron chi connectivity index (χ2n) is 7.95. The van der Waals surface area contributed by atoms with Gasteiger partial charge in [0.2, 0.25) is 5.92 Å². The van der Waals surface area contributed by atoms with Gasteiger partial charge in [0.1, 0.15) is 5.54 Å². The Balaban J connectivity index is 1.50. The van der Waals surface area contributed by atoms with Crippen LogP contribution in [0.3, 0.4) is 0 Å². The van der Waals surface area contributed by atoms with E-state index in [0.717, 1.165) is 21.6 Å². The van der Waals surface area contributed by atoms with Gasteiger partial charge in [-0.25, -0.2) is 13.6 Å². The first-order chi connectivity index (χ1) is 14.2. The number of carbonyl (C=O) groups is 3. The third kappa shape index (κ3) is 3.58. The average molecular weight is 413 g/mol. The second-order valence-corrected chi connectivity index (χ2v) is 7.95. The molecule has 1 saturated carbocycles. The number of carbonyl (C=O) groups excluding carboxylic acids is 3. The fourth-order valence-electron chi connectivity index (χ4n) is 4.12. The van der Waals surface area contributed by atoms with Crippen molar-refractivity contribution in [3.05, 3.63) is 53.9 Å². The van der Waals surface area contributed by atoms with E-state index in [1.54, 1.807) is 30.6 Å². The lowest BCUT2D eigenvalue weighted by molar-refractivity contribution is -0.135. The normalized spacial score (nSPS) is 19.8. The summed E-state index contributed by atoms with van der Waals surface area (Å²) in [7, 11) is 0. The first kappa shape index (κ1) is 20.1. The number of hydrogen-bond donors (Lipinski definition) is 1. The quantitative estimate of drug-likeness (QED) is 0.612. The molecule has 156 valence electrons. The Morgan fingerprint density at radius 3 is 2.53 bits per heavy atom. The minimum Gasteiger partial charge on any atom is -0.323 e. The molecule has 0 atom stereocenters. The number of urea groups is 1. The summed E-state index contributed by atoms with van der Waals surface area (Å²) >= 11 is 0. The number of hydrogen-bond acceptors (Lipinski definition) is 4. The first-order valence-corrected chi connectivity index (χ1v) is 9.77. The van der Waals surface area contributed by atoms with Crippen LogP contribution in [0.1, 0.15) is 41.6 Å². The summed E-state index contributed by atoms with van der Waals surface area (Å²) in [6, 6.07) is 8.19. The molecular weight excluding hydrogens is 392 g/mol. The molecule has 1 saturated heterocycles. The van der Waals surface area contributed by atoms with Crippen LogP contribution in [0.15, 0.2) is 42.7 Å². The van der Waals surface area contributed by atoms with Gasteiger partial charge in [-0.05, 0) is 43.0 Å². The van der Waals surface area contributed by atoms with Gasteiger partial charge < -0.3 is 5.32 Å². The molecule has 4 rings (SSSR count). The maximum absolute atomic E-state index is 13.5. The fourth-order valence-corrected chi connectivity index (χ4v) is 4.12. The first-order valence-electron chi connectivity index (χ1n) is 9.77. The van der Waals surface area contributed by atoms with Crippen LogP contribution in [0.4, 0.5) is 13.6 Å². The van der Waals surface area contributed by atoms with Crippen molar-refractivity contribution in [2.24, 2.45) is 0 Å². The molecule has 1 spiro atoms. The van der Waals surface area contributed by atoms with Crippen molar-refractivity contribution in [1.82, 2.24) is 15.2 Å². The third-order valence-electron chi connectivity index (χ3n) is 5.90. The van der Waals surface area contributed by atoms with Crippen molar-refractivity contribution in [2.45, 2.75) is 44.1 Å². The maximum atomic E-state index is 13.5. The Morgan fingerprint density at radius 2 is 1.90 bits per heavy atom. The minimum atomic E-state index is -2.83. The van der Waals surface area contributed by atoms with Crippen LogP contribution in [0.5, 0.6) is 0 Å². The molecule has 2 aliphatic rings. The highest BCUT2D eigenvalue weighted by molar-refractivity contribution is 6.11. The van der Waals surface area contributed by atoms with Crippen LogP contribution < -0.4 is 5.32 Å². The number of Topliss-reactive ketones (excluding diaryl/α,β-unsaturated/α-hetero) is 1. The van der Waals surface area contributed by atoms with Gasteiger partial charge in [0.15, 0.2) is 5.78 Å². The summed E-state index contributed by atoms with van der Waals surface area (Å²) in [5.74, 6) is -3.81. The second kappa shape index (κ2) is 7.27. The molecule has 0 radical (unpaired) electrons. The molecule has 6 nitrogen and oxygen atoms in total. The fraction of sp³-hybridized carbons (Fsp3) is 0.364. The Hall–Kier alpha value is -3.16. The molecule has 1 aliphatic heterocycles. The summed E-state index contributed by atoms with van der Waals surface area (Å²) in [6.45, 7) is 1.44. The van der Waals surface area contributed by atoms with E-state index in [2.05, 4.69) is 10.3 Å². The van der Waals surface area contributed by atoms with Crippen molar-refractivity contribution in [2.75, 3.05) is 6.54 Å². The molecule has 0 unspecified atom stereocenters. The number of alkyl halides is 2. The van der Waals surface area contributed by atoms with Crippen molar-refractivity contribution in [3.63, 3.8) is 0 Å². The highest BCUT2D eigenvalue weighted by atomic mass is 19.3. The van der Waals surface area contributed by atoms with E-state index in [4.69, 9.17) is 0 Å². The minimum absolute atomic E-state index is 0.131. The Labute approximate surface area is 172 Å². The van der Waals surface area contributed by atoms with Gasteiger partial charge in [0.25, 0.3) is 5.91 Å². The van der Waals surface area contributed by atoms with Crippen LogP contribution in [-0.4, -0.2) is 45.6 Å². The number of imide groups is 1. The molecule has 1 aromatic carbocycles. The summed E-state index contributed by atoms with van der Waals surface area (Å²) in [6.07, 6.45) is 2.22. The zero-order chi connectivity index (χ0) is 21.5. The van der Waals surface area contributed by atoms with Crippen LogP contribution in [0.2, 0.25) is 0 Å². The topological polar surface area (TPSA) is 79.4 Å². The highest BCUT2D eigenvalue weighted by Crippen LogP contribution is 2.41. The van der Waals surface area contributed by atoms with Gasteiger partial charge in [-0.1, -0.05) is 18.2 Å². The number of amides is 3. The van der Waals surface area contributed by atoms with Crippen LogP contribution >= 0.6 is 0 Å². The molecule has 3 amide bonds. The zero-order valence-corrected chi connectivity index (χ0v) is 16.5. The van der Waals surface area contributed by atoms with Gasteiger partial charge in [-0.2, -0.15) is 0 Å². The molecule has 1 aliphatic carbocycles. The Bertz CT molecular complexity index is 1010. The number of ketones is 1. The molecule has 1 N–H and O–H groups in total. The third-order valence-corrected chi connectivity index (χ3v) is 5.90. The lowest BCUT2D eigenvalue weighted by Crippen LogP contribution is -2.51. The summed E-state index contributed by atoms with van der Waals surface area (Å²) in [5.41, 5.74) is 1.75. The van der Waals surface area contributed by atoms with Gasteiger partial charge in [-0.3, -0.25) is 19.5 Å². The van der Waals surface area contributed by atoms with E-state index < -0.39 is 48.6 Å². The molecule has 2 heterocycles. The zero-order valence-electron chi connectivity index (χ0n) is 16.5. The van der Waals surface area contributed by atoms with E-state index in [0.29, 0.717) is 5.56 Å². The predicted octanol–water partition coefficient (Wildman–Crippen LogP) is 3.74. The van der Waals surface area contributed by atoms with Crippen LogP contribution in [0.25, 0.3) is 11.1 Å². The number of nitrogens with zero attached hydrogens (tertiary/aromatic N) is 2. The molecule has 2 fully saturated rings. The van der Waals surface area contributed by atoms with Gasteiger partial charge in [0, 0.05) is 36.4 Å². The average Bonchev–Trinajstić information content (AvgIpc) is 2.95. The number of benzene rings is 1.